The first kappa shape index (κ1) is 16.3. The molecule has 2 rings (SSSR count). The molecule has 1 heterocycles. The summed E-state index contributed by atoms with van der Waals surface area (Å²) in [5, 5.41) is 0. The minimum absolute atomic E-state index is 0.150. The monoisotopic (exact) mass is 305 g/mol. The molecule has 0 radical (unpaired) electrons. The number of hydrogen-bond acceptors (Lipinski definition) is 4. The van der Waals surface area contributed by atoms with Crippen LogP contribution in [0.15, 0.2) is 24.3 Å². The van der Waals surface area contributed by atoms with E-state index < -0.39 is 6.04 Å². The largest absolute Gasteiger partial charge is 0.497 e. The van der Waals surface area contributed by atoms with E-state index in [1.54, 1.807) is 36.3 Å². The molecular weight excluding hydrogens is 282 g/mol. The second-order valence-electron chi connectivity index (χ2n) is 5.91. The lowest BCUT2D eigenvalue weighted by molar-refractivity contribution is -0.149. The molecule has 1 fully saturated rings. The van der Waals surface area contributed by atoms with Crippen molar-refractivity contribution in [1.29, 1.82) is 0 Å². The number of hydrogen-bond donors (Lipinski definition) is 0. The maximum Gasteiger partial charge on any atom is 0.328 e. The SMILES string of the molecule is COc1cccc(C(=O)N2CCCC2C(=O)OCC(C)C)c1. The van der Waals surface area contributed by atoms with E-state index in [-0.39, 0.29) is 17.8 Å². The van der Waals surface area contributed by atoms with Gasteiger partial charge in [-0.2, -0.15) is 0 Å². The van der Waals surface area contributed by atoms with Gasteiger partial charge in [-0.3, -0.25) is 4.79 Å². The maximum atomic E-state index is 12.6. The predicted molar refractivity (Wildman–Crippen MR) is 82.8 cm³/mol. The van der Waals surface area contributed by atoms with E-state index in [1.807, 2.05) is 13.8 Å². The van der Waals surface area contributed by atoms with E-state index in [2.05, 4.69) is 0 Å². The van der Waals surface area contributed by atoms with E-state index >= 15 is 0 Å². The van der Waals surface area contributed by atoms with Crippen LogP contribution in [0.25, 0.3) is 0 Å². The minimum atomic E-state index is -0.475. The number of ether oxygens (including phenoxy) is 2. The maximum absolute atomic E-state index is 12.6. The molecule has 0 bridgehead atoms. The average molecular weight is 305 g/mol. The molecule has 0 aromatic heterocycles. The molecule has 120 valence electrons. The van der Waals surface area contributed by atoms with Crippen LogP contribution in [0, 0.1) is 5.92 Å². The Kier molecular flexibility index (Phi) is 5.41. The number of carbonyl (C=O) groups is 2. The van der Waals surface area contributed by atoms with Gasteiger partial charge in [0.25, 0.3) is 5.91 Å². The molecule has 1 unspecified atom stereocenters. The van der Waals surface area contributed by atoms with Crippen molar-refractivity contribution in [3.63, 3.8) is 0 Å². The third-order valence-corrected chi connectivity index (χ3v) is 3.66. The molecule has 22 heavy (non-hydrogen) atoms. The Morgan fingerprint density at radius 1 is 1.36 bits per heavy atom. The Morgan fingerprint density at radius 2 is 2.14 bits per heavy atom. The summed E-state index contributed by atoms with van der Waals surface area (Å²) in [6.07, 6.45) is 1.48. The van der Waals surface area contributed by atoms with Gasteiger partial charge < -0.3 is 14.4 Å². The van der Waals surface area contributed by atoms with Gasteiger partial charge in [0.2, 0.25) is 0 Å². The van der Waals surface area contributed by atoms with Gasteiger partial charge in [0.1, 0.15) is 11.8 Å². The van der Waals surface area contributed by atoms with Gasteiger partial charge in [0.05, 0.1) is 13.7 Å². The van der Waals surface area contributed by atoms with Gasteiger partial charge in [-0.25, -0.2) is 4.79 Å². The number of nitrogens with zero attached hydrogens (tertiary/aromatic N) is 1. The smallest absolute Gasteiger partial charge is 0.328 e. The number of likely N-dealkylation sites (tertiary alicyclic amines) is 1. The highest BCUT2D eigenvalue weighted by molar-refractivity contribution is 5.97. The van der Waals surface area contributed by atoms with Crippen LogP contribution in [-0.2, 0) is 9.53 Å². The third kappa shape index (κ3) is 3.78. The van der Waals surface area contributed by atoms with Crippen molar-refractivity contribution < 1.29 is 19.1 Å². The number of amides is 1. The van der Waals surface area contributed by atoms with Gasteiger partial charge in [-0.15, -0.1) is 0 Å². The first-order chi connectivity index (χ1) is 10.5. The number of carbonyl (C=O) groups excluding carboxylic acids is 2. The summed E-state index contributed by atoms with van der Waals surface area (Å²) < 4.78 is 10.4. The molecule has 0 N–H and O–H groups in total. The van der Waals surface area contributed by atoms with Gasteiger partial charge in [-0.05, 0) is 37.0 Å². The van der Waals surface area contributed by atoms with E-state index in [0.29, 0.717) is 30.9 Å². The molecule has 1 aromatic rings. The Bertz CT molecular complexity index is 541. The molecule has 0 aliphatic carbocycles. The summed E-state index contributed by atoms with van der Waals surface area (Å²) in [4.78, 5) is 26.4. The molecular formula is C17H23NO4. The quantitative estimate of drug-likeness (QED) is 0.784. The summed E-state index contributed by atoms with van der Waals surface area (Å²) in [5.74, 6) is 0.460. The molecule has 5 nitrogen and oxygen atoms in total. The zero-order chi connectivity index (χ0) is 16.1. The van der Waals surface area contributed by atoms with Crippen LogP contribution in [0.5, 0.6) is 5.75 Å². The zero-order valence-electron chi connectivity index (χ0n) is 13.4. The van der Waals surface area contributed by atoms with Crippen LogP contribution in [0.4, 0.5) is 0 Å². The van der Waals surface area contributed by atoms with Crippen LogP contribution in [-0.4, -0.2) is 43.1 Å². The fourth-order valence-corrected chi connectivity index (χ4v) is 2.52. The molecule has 1 aliphatic rings. The van der Waals surface area contributed by atoms with Crippen LogP contribution in [0.2, 0.25) is 0 Å². The lowest BCUT2D eigenvalue weighted by Gasteiger charge is -2.23. The molecule has 1 atom stereocenters. The third-order valence-electron chi connectivity index (χ3n) is 3.66. The molecule has 1 saturated heterocycles. The van der Waals surface area contributed by atoms with E-state index in [1.165, 1.54) is 0 Å². The van der Waals surface area contributed by atoms with Crippen molar-refractivity contribution in [3.05, 3.63) is 29.8 Å². The van der Waals surface area contributed by atoms with Crippen LogP contribution >= 0.6 is 0 Å². The van der Waals surface area contributed by atoms with E-state index in [0.717, 1.165) is 6.42 Å². The number of esters is 1. The zero-order valence-corrected chi connectivity index (χ0v) is 13.4. The lowest BCUT2D eigenvalue weighted by atomic mass is 10.1. The van der Waals surface area contributed by atoms with Crippen molar-refractivity contribution in [1.82, 2.24) is 4.90 Å². The summed E-state index contributed by atoms with van der Waals surface area (Å²) >= 11 is 0. The van der Waals surface area contributed by atoms with Crippen molar-refractivity contribution in [2.24, 2.45) is 5.92 Å². The molecule has 5 heteroatoms. The molecule has 0 spiro atoms. The van der Waals surface area contributed by atoms with Gasteiger partial charge in [-0.1, -0.05) is 19.9 Å². The van der Waals surface area contributed by atoms with Crippen molar-refractivity contribution in [2.45, 2.75) is 32.7 Å². The molecule has 1 aliphatic heterocycles. The van der Waals surface area contributed by atoms with E-state index in [4.69, 9.17) is 9.47 Å². The number of methoxy groups -OCH3 is 1. The second-order valence-corrected chi connectivity index (χ2v) is 5.91. The predicted octanol–water partition coefficient (Wildman–Crippen LogP) is 2.50. The Labute approximate surface area is 131 Å². The lowest BCUT2D eigenvalue weighted by Crippen LogP contribution is -2.41. The normalized spacial score (nSPS) is 17.6. The molecule has 1 amide bonds. The van der Waals surface area contributed by atoms with Crippen LogP contribution < -0.4 is 4.74 Å². The number of rotatable bonds is 5. The summed E-state index contributed by atoms with van der Waals surface area (Å²) in [5.41, 5.74) is 0.530. The first-order valence-corrected chi connectivity index (χ1v) is 7.64. The van der Waals surface area contributed by atoms with Crippen molar-refractivity contribution in [3.8, 4) is 5.75 Å². The van der Waals surface area contributed by atoms with E-state index in [9.17, 15) is 9.59 Å². The topological polar surface area (TPSA) is 55.8 Å². The summed E-state index contributed by atoms with van der Waals surface area (Å²) in [7, 11) is 1.56. The van der Waals surface area contributed by atoms with Gasteiger partial charge in [0, 0.05) is 12.1 Å². The molecule has 0 saturated carbocycles. The highest BCUT2D eigenvalue weighted by Gasteiger charge is 2.35. The second kappa shape index (κ2) is 7.29. The van der Waals surface area contributed by atoms with Crippen LogP contribution in [0.1, 0.15) is 37.0 Å². The highest BCUT2D eigenvalue weighted by atomic mass is 16.5. The van der Waals surface area contributed by atoms with Gasteiger partial charge in [0.15, 0.2) is 0 Å². The highest BCUT2D eigenvalue weighted by Crippen LogP contribution is 2.23. The minimum Gasteiger partial charge on any atom is -0.497 e. The van der Waals surface area contributed by atoms with Crippen molar-refractivity contribution >= 4 is 11.9 Å². The standard InChI is InChI=1S/C17H23NO4/c1-12(2)11-22-17(20)15-8-5-9-18(15)16(19)13-6-4-7-14(10-13)21-3/h4,6-7,10,12,15H,5,8-9,11H2,1-3H3. The fourth-order valence-electron chi connectivity index (χ4n) is 2.52. The first-order valence-electron chi connectivity index (χ1n) is 7.64. The Morgan fingerprint density at radius 3 is 2.82 bits per heavy atom. The molecule has 1 aromatic carbocycles. The number of benzene rings is 1. The average Bonchev–Trinajstić information content (AvgIpc) is 3.01. The summed E-state index contributed by atoms with van der Waals surface area (Å²) in [6.45, 7) is 4.94. The van der Waals surface area contributed by atoms with Gasteiger partial charge >= 0.3 is 5.97 Å². The van der Waals surface area contributed by atoms with Crippen LogP contribution in [0.3, 0.4) is 0 Å². The summed E-state index contributed by atoms with van der Waals surface area (Å²) in [6, 6.07) is 6.51. The Balaban J connectivity index is 2.08. The Hall–Kier alpha value is -2.04. The van der Waals surface area contributed by atoms with Crippen molar-refractivity contribution in [2.75, 3.05) is 20.3 Å². The fraction of sp³-hybridized carbons (Fsp3) is 0.529.